The molecule has 1 fully saturated rings. The van der Waals surface area contributed by atoms with E-state index in [1.807, 2.05) is 12.1 Å². The van der Waals surface area contributed by atoms with E-state index < -0.39 is 0 Å². The van der Waals surface area contributed by atoms with Crippen molar-refractivity contribution in [2.75, 3.05) is 13.3 Å². The molecule has 2 aliphatic rings. The van der Waals surface area contributed by atoms with E-state index in [0.29, 0.717) is 19.9 Å². The monoisotopic (exact) mass is 239 g/mol. The average Bonchev–Trinajstić information content (AvgIpc) is 3.10. The highest BCUT2D eigenvalue weighted by Gasteiger charge is 2.46. The Kier molecular flexibility index (Phi) is 2.35. The highest BCUT2D eigenvalue weighted by atomic mass is 35.5. The van der Waals surface area contributed by atoms with Crippen LogP contribution in [0.4, 0.5) is 0 Å². The van der Waals surface area contributed by atoms with Crippen LogP contribution in [0.15, 0.2) is 12.1 Å². The first-order chi connectivity index (χ1) is 7.77. The number of nitrogens with two attached hydrogens (primary N) is 1. The fourth-order valence-corrected chi connectivity index (χ4v) is 2.79. The van der Waals surface area contributed by atoms with Gasteiger partial charge in [-0.05, 0) is 30.5 Å². The SMILES string of the molecule is NCC1(c2c(Cl)ccc3c2COCO3)CC1. The Morgan fingerprint density at radius 3 is 2.88 bits per heavy atom. The van der Waals surface area contributed by atoms with Gasteiger partial charge >= 0.3 is 0 Å². The summed E-state index contributed by atoms with van der Waals surface area (Å²) in [7, 11) is 0. The summed E-state index contributed by atoms with van der Waals surface area (Å²) in [5.74, 6) is 0.894. The number of hydrogen-bond acceptors (Lipinski definition) is 3. The molecule has 0 aromatic heterocycles. The maximum atomic E-state index is 6.30. The predicted octanol–water partition coefficient (Wildman–Crippen LogP) is 2.20. The van der Waals surface area contributed by atoms with Gasteiger partial charge in [0, 0.05) is 22.5 Å². The first-order valence-corrected chi connectivity index (χ1v) is 5.87. The smallest absolute Gasteiger partial charge is 0.189 e. The van der Waals surface area contributed by atoms with Crippen molar-refractivity contribution in [2.45, 2.75) is 24.9 Å². The van der Waals surface area contributed by atoms with E-state index in [1.165, 1.54) is 0 Å². The Bertz CT molecular complexity index is 429. The minimum atomic E-state index is 0.0759. The molecule has 3 rings (SSSR count). The molecule has 0 atom stereocenters. The van der Waals surface area contributed by atoms with Crippen molar-refractivity contribution < 1.29 is 9.47 Å². The highest BCUT2D eigenvalue weighted by molar-refractivity contribution is 6.31. The molecule has 86 valence electrons. The molecule has 0 spiro atoms. The van der Waals surface area contributed by atoms with E-state index in [2.05, 4.69) is 0 Å². The summed E-state index contributed by atoms with van der Waals surface area (Å²) < 4.78 is 10.8. The van der Waals surface area contributed by atoms with Crippen LogP contribution in [0.1, 0.15) is 24.0 Å². The van der Waals surface area contributed by atoms with Crippen molar-refractivity contribution in [1.29, 1.82) is 0 Å². The van der Waals surface area contributed by atoms with E-state index in [1.54, 1.807) is 0 Å². The van der Waals surface area contributed by atoms with Crippen molar-refractivity contribution in [3.8, 4) is 5.75 Å². The first kappa shape index (κ1) is 10.4. The summed E-state index contributed by atoms with van der Waals surface area (Å²) in [5.41, 5.74) is 8.17. The average molecular weight is 240 g/mol. The number of ether oxygens (including phenoxy) is 2. The van der Waals surface area contributed by atoms with Crippen LogP contribution < -0.4 is 10.5 Å². The molecule has 0 bridgehead atoms. The Morgan fingerprint density at radius 1 is 1.38 bits per heavy atom. The largest absolute Gasteiger partial charge is 0.467 e. The molecule has 0 unspecified atom stereocenters. The van der Waals surface area contributed by atoms with Crippen LogP contribution in [0.2, 0.25) is 5.02 Å². The second kappa shape index (κ2) is 3.62. The topological polar surface area (TPSA) is 44.5 Å². The van der Waals surface area contributed by atoms with Crippen molar-refractivity contribution in [3.05, 3.63) is 28.3 Å². The van der Waals surface area contributed by atoms with Crippen LogP contribution in [-0.4, -0.2) is 13.3 Å². The van der Waals surface area contributed by atoms with Gasteiger partial charge in [-0.3, -0.25) is 0 Å². The molecule has 1 aromatic carbocycles. The number of hydrogen-bond donors (Lipinski definition) is 1. The standard InChI is InChI=1S/C12H14ClNO2/c13-9-1-2-10-8(5-15-7-16-10)11(9)12(6-14)3-4-12/h1-2H,3-7,14H2. The minimum Gasteiger partial charge on any atom is -0.467 e. The molecule has 1 aromatic rings. The van der Waals surface area contributed by atoms with Crippen LogP contribution in [0.3, 0.4) is 0 Å². The summed E-state index contributed by atoms with van der Waals surface area (Å²) in [6.07, 6.45) is 2.22. The lowest BCUT2D eigenvalue weighted by molar-refractivity contribution is -0.0170. The second-order valence-corrected chi connectivity index (χ2v) is 4.90. The molecule has 0 saturated heterocycles. The zero-order valence-electron chi connectivity index (χ0n) is 8.96. The second-order valence-electron chi connectivity index (χ2n) is 4.49. The van der Waals surface area contributed by atoms with Gasteiger partial charge in [0.15, 0.2) is 6.79 Å². The molecular formula is C12H14ClNO2. The number of rotatable bonds is 2. The molecule has 0 amide bonds. The van der Waals surface area contributed by atoms with Crippen LogP contribution in [-0.2, 0) is 16.8 Å². The van der Waals surface area contributed by atoms with Gasteiger partial charge in [0.05, 0.1) is 6.61 Å². The Balaban J connectivity index is 2.15. The number of fused-ring (bicyclic) bond motifs is 1. The first-order valence-electron chi connectivity index (χ1n) is 5.49. The summed E-state index contributed by atoms with van der Waals surface area (Å²) in [4.78, 5) is 0. The van der Waals surface area contributed by atoms with Gasteiger partial charge in [-0.2, -0.15) is 0 Å². The van der Waals surface area contributed by atoms with E-state index in [0.717, 1.165) is 34.7 Å². The van der Waals surface area contributed by atoms with Gasteiger partial charge in [0.1, 0.15) is 5.75 Å². The molecular weight excluding hydrogens is 226 g/mol. The third-order valence-corrected chi connectivity index (χ3v) is 3.85. The third-order valence-electron chi connectivity index (χ3n) is 3.54. The van der Waals surface area contributed by atoms with Crippen molar-refractivity contribution >= 4 is 11.6 Å². The summed E-state index contributed by atoms with van der Waals surface area (Å²) in [6.45, 7) is 1.54. The van der Waals surface area contributed by atoms with Crippen LogP contribution in [0, 0.1) is 0 Å². The molecule has 1 heterocycles. The zero-order valence-corrected chi connectivity index (χ0v) is 9.72. The van der Waals surface area contributed by atoms with Gasteiger partial charge in [-0.1, -0.05) is 11.6 Å². The quantitative estimate of drug-likeness (QED) is 0.861. The lowest BCUT2D eigenvalue weighted by Crippen LogP contribution is -2.24. The van der Waals surface area contributed by atoms with Crippen molar-refractivity contribution in [3.63, 3.8) is 0 Å². The van der Waals surface area contributed by atoms with Crippen molar-refractivity contribution in [2.24, 2.45) is 5.73 Å². The summed E-state index contributed by atoms with van der Waals surface area (Å²) >= 11 is 6.30. The molecule has 16 heavy (non-hydrogen) atoms. The van der Waals surface area contributed by atoms with E-state index >= 15 is 0 Å². The van der Waals surface area contributed by atoms with Crippen LogP contribution >= 0.6 is 11.6 Å². The van der Waals surface area contributed by atoms with Crippen LogP contribution in [0.5, 0.6) is 5.75 Å². The van der Waals surface area contributed by atoms with E-state index in [9.17, 15) is 0 Å². The third kappa shape index (κ3) is 1.43. The maximum Gasteiger partial charge on any atom is 0.189 e. The number of halogens is 1. The molecule has 1 saturated carbocycles. The highest BCUT2D eigenvalue weighted by Crippen LogP contribution is 2.52. The number of benzene rings is 1. The van der Waals surface area contributed by atoms with Gasteiger partial charge in [-0.15, -0.1) is 0 Å². The summed E-state index contributed by atoms with van der Waals surface area (Å²) in [6, 6.07) is 3.81. The molecule has 2 N–H and O–H groups in total. The zero-order chi connectivity index (χ0) is 11.2. The van der Waals surface area contributed by atoms with E-state index in [4.69, 9.17) is 26.8 Å². The van der Waals surface area contributed by atoms with E-state index in [-0.39, 0.29) is 5.41 Å². The fourth-order valence-electron chi connectivity index (χ4n) is 2.41. The van der Waals surface area contributed by atoms with Gasteiger partial charge < -0.3 is 15.2 Å². The lowest BCUT2D eigenvalue weighted by Gasteiger charge is -2.25. The summed E-state index contributed by atoms with van der Waals surface area (Å²) in [5, 5.41) is 0.788. The fraction of sp³-hybridized carbons (Fsp3) is 0.500. The van der Waals surface area contributed by atoms with Crippen molar-refractivity contribution in [1.82, 2.24) is 0 Å². The Morgan fingerprint density at radius 2 is 2.19 bits per heavy atom. The molecule has 4 heteroatoms. The Labute approximate surface area is 99.5 Å². The van der Waals surface area contributed by atoms with Gasteiger partial charge in [-0.25, -0.2) is 0 Å². The molecule has 1 aliphatic carbocycles. The molecule has 3 nitrogen and oxygen atoms in total. The maximum absolute atomic E-state index is 6.30. The molecule has 1 aliphatic heterocycles. The molecule has 0 radical (unpaired) electrons. The van der Waals surface area contributed by atoms with Gasteiger partial charge in [0.2, 0.25) is 0 Å². The van der Waals surface area contributed by atoms with Gasteiger partial charge in [0.25, 0.3) is 0 Å². The predicted molar refractivity (Wildman–Crippen MR) is 61.7 cm³/mol. The Hall–Kier alpha value is -0.770. The lowest BCUT2D eigenvalue weighted by atomic mass is 9.90. The van der Waals surface area contributed by atoms with Crippen LogP contribution in [0.25, 0.3) is 0 Å². The normalized spacial score (nSPS) is 21.1. The minimum absolute atomic E-state index is 0.0759.